The Morgan fingerprint density at radius 2 is 1.75 bits per heavy atom. The number of nitrogens with one attached hydrogen (secondary N) is 1. The van der Waals surface area contributed by atoms with E-state index in [0.717, 1.165) is 74.6 Å². The molecule has 0 bridgehead atoms. The Morgan fingerprint density at radius 1 is 1.00 bits per heavy atom. The number of fused-ring (bicyclic) bond motifs is 1. The Labute approximate surface area is 165 Å². The Kier molecular flexibility index (Phi) is 4.22. The second kappa shape index (κ2) is 6.76. The summed E-state index contributed by atoms with van der Waals surface area (Å²) in [5.41, 5.74) is 3.58. The summed E-state index contributed by atoms with van der Waals surface area (Å²) in [4.78, 5) is 23.7. The number of aromatic nitrogens is 2. The van der Waals surface area contributed by atoms with Gasteiger partial charge in [-0.1, -0.05) is 18.6 Å². The van der Waals surface area contributed by atoms with Crippen molar-refractivity contribution in [3.8, 4) is 0 Å². The van der Waals surface area contributed by atoms with Crippen molar-refractivity contribution < 1.29 is 9.90 Å². The third-order valence-electron chi connectivity index (χ3n) is 6.63. The van der Waals surface area contributed by atoms with Gasteiger partial charge in [0.15, 0.2) is 0 Å². The number of benzene rings is 1. The normalized spacial score (nSPS) is 19.9. The maximum absolute atomic E-state index is 11.7. The molecule has 2 N–H and O–H groups in total. The van der Waals surface area contributed by atoms with E-state index in [1.165, 1.54) is 24.1 Å². The summed E-state index contributed by atoms with van der Waals surface area (Å²) in [6.07, 6.45) is 8.01. The van der Waals surface area contributed by atoms with E-state index in [1.54, 1.807) is 0 Å². The molecule has 2 heterocycles. The van der Waals surface area contributed by atoms with E-state index in [9.17, 15) is 9.90 Å². The van der Waals surface area contributed by atoms with Gasteiger partial charge in [-0.25, -0.2) is 4.98 Å². The summed E-state index contributed by atoms with van der Waals surface area (Å²) in [5, 5.41) is 13.1. The van der Waals surface area contributed by atoms with Crippen LogP contribution in [0.4, 0.5) is 17.5 Å². The summed E-state index contributed by atoms with van der Waals surface area (Å²) in [6.45, 7) is 2.06. The molecule has 0 spiro atoms. The second-order valence-electron chi connectivity index (χ2n) is 8.29. The van der Waals surface area contributed by atoms with Crippen LogP contribution in [0.2, 0.25) is 0 Å². The van der Waals surface area contributed by atoms with Gasteiger partial charge in [0.05, 0.1) is 11.1 Å². The first-order chi connectivity index (χ1) is 13.7. The van der Waals surface area contributed by atoms with Crippen molar-refractivity contribution in [1.29, 1.82) is 0 Å². The van der Waals surface area contributed by atoms with Crippen molar-refractivity contribution in [2.24, 2.45) is 0 Å². The molecule has 1 aromatic carbocycles. The molecule has 2 aromatic rings. The van der Waals surface area contributed by atoms with Crippen molar-refractivity contribution in [3.63, 3.8) is 0 Å². The molecule has 2 aliphatic carbocycles. The molecule has 1 saturated carbocycles. The number of aryl methyl sites for hydroxylation is 1. The van der Waals surface area contributed by atoms with E-state index >= 15 is 0 Å². The van der Waals surface area contributed by atoms with Gasteiger partial charge in [0, 0.05) is 24.3 Å². The van der Waals surface area contributed by atoms with E-state index in [0.29, 0.717) is 0 Å². The molecule has 0 atom stereocenters. The zero-order valence-electron chi connectivity index (χ0n) is 16.1. The Morgan fingerprint density at radius 3 is 2.39 bits per heavy atom. The summed E-state index contributed by atoms with van der Waals surface area (Å²) >= 11 is 0. The van der Waals surface area contributed by atoms with Crippen LogP contribution in [0.5, 0.6) is 0 Å². The van der Waals surface area contributed by atoms with Crippen molar-refractivity contribution in [2.75, 3.05) is 23.3 Å². The van der Waals surface area contributed by atoms with E-state index in [2.05, 4.69) is 10.2 Å². The van der Waals surface area contributed by atoms with Crippen LogP contribution in [-0.4, -0.2) is 34.1 Å². The lowest BCUT2D eigenvalue weighted by molar-refractivity contribution is -0.147. The average Bonchev–Trinajstić information content (AvgIpc) is 3.33. The maximum atomic E-state index is 11.7. The number of carbonyl (C=O) groups is 1. The predicted octanol–water partition coefficient (Wildman–Crippen LogP) is 3.82. The lowest BCUT2D eigenvalue weighted by Crippen LogP contribution is -2.42. The first-order valence-electron chi connectivity index (χ1n) is 10.4. The van der Waals surface area contributed by atoms with Crippen LogP contribution in [0.3, 0.4) is 0 Å². The lowest BCUT2D eigenvalue weighted by atomic mass is 9.64. The SMILES string of the molecule is O=C(O)C1(c2ccc(Nc3nc(N4CCCC4)nc4c3CCC4)cc2)CCC1. The van der Waals surface area contributed by atoms with E-state index < -0.39 is 11.4 Å². The van der Waals surface area contributed by atoms with Crippen molar-refractivity contribution in [3.05, 3.63) is 41.1 Å². The average molecular weight is 378 g/mol. The lowest BCUT2D eigenvalue weighted by Gasteiger charge is -2.38. The van der Waals surface area contributed by atoms with Gasteiger partial charge in [-0.2, -0.15) is 4.98 Å². The molecule has 6 nitrogen and oxygen atoms in total. The predicted molar refractivity (Wildman–Crippen MR) is 108 cm³/mol. The summed E-state index contributed by atoms with van der Waals surface area (Å²) in [7, 11) is 0. The molecule has 0 radical (unpaired) electrons. The van der Waals surface area contributed by atoms with E-state index in [4.69, 9.17) is 9.97 Å². The smallest absolute Gasteiger partial charge is 0.314 e. The minimum Gasteiger partial charge on any atom is -0.481 e. The van der Waals surface area contributed by atoms with Gasteiger partial charge < -0.3 is 15.3 Å². The molecule has 6 heteroatoms. The van der Waals surface area contributed by atoms with Gasteiger partial charge in [-0.3, -0.25) is 4.79 Å². The number of aliphatic carboxylic acids is 1. The van der Waals surface area contributed by atoms with Crippen LogP contribution < -0.4 is 10.2 Å². The van der Waals surface area contributed by atoms with Crippen molar-refractivity contribution in [1.82, 2.24) is 9.97 Å². The highest BCUT2D eigenvalue weighted by molar-refractivity contribution is 5.83. The molecule has 1 aromatic heterocycles. The Balaban J connectivity index is 1.42. The fraction of sp³-hybridized carbons (Fsp3) is 0.500. The highest BCUT2D eigenvalue weighted by Gasteiger charge is 2.45. The summed E-state index contributed by atoms with van der Waals surface area (Å²) in [6, 6.07) is 7.88. The maximum Gasteiger partial charge on any atom is 0.314 e. The number of nitrogens with zero attached hydrogens (tertiary/aromatic N) is 3. The van der Waals surface area contributed by atoms with Gasteiger partial charge in [-0.15, -0.1) is 0 Å². The Hall–Kier alpha value is -2.63. The van der Waals surface area contributed by atoms with Crippen LogP contribution in [0, 0.1) is 0 Å². The molecular formula is C22H26N4O2. The van der Waals surface area contributed by atoms with Gasteiger partial charge in [0.25, 0.3) is 0 Å². The van der Waals surface area contributed by atoms with Crippen LogP contribution >= 0.6 is 0 Å². The van der Waals surface area contributed by atoms with E-state index in [1.807, 2.05) is 24.3 Å². The number of hydrogen-bond acceptors (Lipinski definition) is 5. The van der Waals surface area contributed by atoms with Gasteiger partial charge in [0.1, 0.15) is 5.82 Å². The number of hydrogen-bond donors (Lipinski definition) is 2. The van der Waals surface area contributed by atoms with Gasteiger partial charge in [-0.05, 0) is 62.6 Å². The molecule has 2 fully saturated rings. The van der Waals surface area contributed by atoms with Crippen LogP contribution in [0.25, 0.3) is 0 Å². The number of carboxylic acid groups (broad SMARTS) is 1. The Bertz CT molecular complexity index is 899. The topological polar surface area (TPSA) is 78.3 Å². The first-order valence-corrected chi connectivity index (χ1v) is 10.4. The monoisotopic (exact) mass is 378 g/mol. The molecular weight excluding hydrogens is 352 g/mol. The quantitative estimate of drug-likeness (QED) is 0.824. The van der Waals surface area contributed by atoms with Crippen LogP contribution in [0.15, 0.2) is 24.3 Å². The fourth-order valence-corrected chi connectivity index (χ4v) is 4.75. The van der Waals surface area contributed by atoms with Crippen molar-refractivity contribution in [2.45, 2.75) is 56.8 Å². The zero-order valence-corrected chi connectivity index (χ0v) is 16.1. The van der Waals surface area contributed by atoms with Crippen molar-refractivity contribution >= 4 is 23.4 Å². The molecule has 5 rings (SSSR count). The minimum absolute atomic E-state index is 0.683. The third-order valence-corrected chi connectivity index (χ3v) is 6.63. The van der Waals surface area contributed by atoms with Crippen LogP contribution in [-0.2, 0) is 23.1 Å². The number of carboxylic acids is 1. The second-order valence-corrected chi connectivity index (χ2v) is 8.29. The van der Waals surface area contributed by atoms with Gasteiger partial charge >= 0.3 is 5.97 Å². The largest absolute Gasteiger partial charge is 0.481 e. The van der Waals surface area contributed by atoms with Crippen LogP contribution in [0.1, 0.15) is 55.3 Å². The fourth-order valence-electron chi connectivity index (χ4n) is 4.75. The molecule has 0 amide bonds. The molecule has 1 aliphatic heterocycles. The molecule has 28 heavy (non-hydrogen) atoms. The number of rotatable bonds is 5. The third kappa shape index (κ3) is 2.82. The summed E-state index contributed by atoms with van der Waals surface area (Å²) in [5.74, 6) is 1.05. The highest BCUT2D eigenvalue weighted by Crippen LogP contribution is 2.44. The highest BCUT2D eigenvalue weighted by atomic mass is 16.4. The molecule has 3 aliphatic rings. The van der Waals surface area contributed by atoms with Gasteiger partial charge in [0.2, 0.25) is 5.95 Å². The first kappa shape index (κ1) is 17.5. The molecule has 1 saturated heterocycles. The standard InChI is InChI=1S/C22H26N4O2/c27-20(28)22(11-4-12-22)15-7-9-16(10-8-15)23-19-17-5-3-6-18(17)24-21(25-19)26-13-1-2-14-26/h7-10H,1-6,11-14H2,(H,27,28)(H,23,24,25). The number of anilines is 3. The minimum atomic E-state index is -0.705. The summed E-state index contributed by atoms with van der Waals surface area (Å²) < 4.78 is 0. The molecule has 0 unspecified atom stereocenters. The molecule has 146 valence electrons. The van der Waals surface area contributed by atoms with E-state index in [-0.39, 0.29) is 0 Å². The zero-order chi connectivity index (χ0) is 19.1.